The molecule has 0 rings (SSSR count). The minimum Gasteiger partial charge on any atom is -0.480 e. The normalized spacial score (nSPS) is 12.5. The van der Waals surface area contributed by atoms with Crippen LogP contribution < -0.4 is 16.8 Å². The summed E-state index contributed by atoms with van der Waals surface area (Å²) in [6.45, 7) is -0.0231. The van der Waals surface area contributed by atoms with Crippen molar-refractivity contribution in [3.63, 3.8) is 0 Å². The molecule has 0 spiro atoms. The molecule has 10 heavy (non-hydrogen) atoms. The van der Waals surface area contributed by atoms with Crippen LogP contribution in [0.1, 0.15) is 0 Å². The first-order valence-electron chi connectivity index (χ1n) is 2.65. The molecule has 0 saturated heterocycles. The Morgan fingerprint density at radius 3 is 2.40 bits per heavy atom. The third kappa shape index (κ3) is 3.81. The van der Waals surface area contributed by atoms with Gasteiger partial charge < -0.3 is 16.6 Å². The van der Waals surface area contributed by atoms with Crippen molar-refractivity contribution < 1.29 is 20.0 Å². The van der Waals surface area contributed by atoms with E-state index in [9.17, 15) is 9.59 Å². The van der Waals surface area contributed by atoms with Gasteiger partial charge in [-0.15, -0.1) is 0 Å². The van der Waals surface area contributed by atoms with Crippen molar-refractivity contribution in [1.82, 2.24) is 0 Å². The summed E-state index contributed by atoms with van der Waals surface area (Å²) in [5.74, 6) is -1.14. The number of primary amides is 2. The Hall–Kier alpha value is -1.14. The fraction of sp³-hybridized carbons (Fsp3) is 0.500. The number of hydrogen-bond donors (Lipinski definition) is 4. The summed E-state index contributed by atoms with van der Waals surface area (Å²) in [5.41, 5.74) is 9.72. The third-order valence-corrected chi connectivity index (χ3v) is 0.890. The minimum absolute atomic E-state index is 0.0231. The van der Waals surface area contributed by atoms with Gasteiger partial charge in [-0.1, -0.05) is 0 Å². The summed E-state index contributed by atoms with van der Waals surface area (Å²) in [5, 5.41) is 9.24. The quantitative estimate of drug-likeness (QED) is 0.341. The maximum Gasteiger partial charge on any atom is 0.410 e. The van der Waals surface area contributed by atoms with E-state index in [1.807, 2.05) is 0 Å². The molecule has 2 amide bonds. The van der Waals surface area contributed by atoms with Gasteiger partial charge in [0.25, 0.3) is 0 Å². The number of carbonyl (C=O) groups excluding carboxylic acids is 1. The molecule has 6 heteroatoms. The Kier molecular flexibility index (Phi) is 3.37. The molecule has 0 aliphatic heterocycles. The van der Waals surface area contributed by atoms with E-state index >= 15 is 0 Å². The van der Waals surface area contributed by atoms with Crippen molar-refractivity contribution >= 4 is 12.0 Å². The summed E-state index contributed by atoms with van der Waals surface area (Å²) in [7, 11) is 0. The third-order valence-electron chi connectivity index (χ3n) is 0.890. The molecule has 0 fully saturated rings. The van der Waals surface area contributed by atoms with E-state index in [4.69, 9.17) is 16.6 Å². The van der Waals surface area contributed by atoms with Gasteiger partial charge in [-0.25, -0.2) is 4.79 Å². The van der Waals surface area contributed by atoms with Crippen LogP contribution in [0.2, 0.25) is 0 Å². The Morgan fingerprint density at radius 2 is 2.10 bits per heavy atom. The molecule has 0 bridgehead atoms. The molecule has 0 aliphatic carbocycles. The van der Waals surface area contributed by atoms with Gasteiger partial charge in [0.2, 0.25) is 0 Å². The Bertz CT molecular complexity index is 147. The summed E-state index contributed by atoms with van der Waals surface area (Å²) in [4.78, 5) is 20.1. The summed E-state index contributed by atoms with van der Waals surface area (Å²) < 4.78 is 0. The van der Waals surface area contributed by atoms with Gasteiger partial charge in [-0.3, -0.25) is 10.1 Å². The fourth-order valence-corrected chi connectivity index (χ4v) is 0.344. The molecule has 1 unspecified atom stereocenters. The summed E-state index contributed by atoms with van der Waals surface area (Å²) in [6.07, 6.45) is 0. The number of amides is 2. The molecule has 0 aromatic carbocycles. The molecular weight excluding hydrogens is 138 g/mol. The van der Waals surface area contributed by atoms with Crippen LogP contribution in [0.25, 0.3) is 0 Å². The Morgan fingerprint density at radius 1 is 1.60 bits per heavy atom. The van der Waals surface area contributed by atoms with E-state index in [2.05, 4.69) is 0 Å². The number of quaternary nitrogens is 1. The Labute approximate surface area is 57.2 Å². The van der Waals surface area contributed by atoms with Crippen LogP contribution in [0.4, 0.5) is 4.79 Å². The molecule has 0 aromatic rings. The smallest absolute Gasteiger partial charge is 0.410 e. The first-order chi connectivity index (χ1) is 4.54. The van der Waals surface area contributed by atoms with Crippen molar-refractivity contribution in [3.8, 4) is 0 Å². The molecular formula is C4H10N3O3+. The van der Waals surface area contributed by atoms with Crippen LogP contribution in [0.15, 0.2) is 0 Å². The number of urea groups is 1. The van der Waals surface area contributed by atoms with E-state index in [1.54, 1.807) is 0 Å². The van der Waals surface area contributed by atoms with Gasteiger partial charge in [0.05, 0.1) is 0 Å². The zero-order valence-corrected chi connectivity index (χ0v) is 5.28. The average molecular weight is 148 g/mol. The first-order valence-corrected chi connectivity index (χ1v) is 2.65. The maximum atomic E-state index is 10.0. The number of nitrogens with two attached hydrogens (primary N) is 3. The van der Waals surface area contributed by atoms with Gasteiger partial charge in [-0.2, -0.15) is 0 Å². The standard InChI is InChI=1S/C4H9N3O3/c5-2(3(8)9)1-7-4(6)10/h2H,1,5H2,(H,8,9)(H3,6,7,10)/p+1. The highest BCUT2D eigenvalue weighted by molar-refractivity contribution is 5.73. The lowest BCUT2D eigenvalue weighted by molar-refractivity contribution is -0.554. The van der Waals surface area contributed by atoms with Crippen molar-refractivity contribution in [2.75, 3.05) is 6.54 Å². The van der Waals surface area contributed by atoms with E-state index < -0.39 is 18.0 Å². The second-order valence-electron chi connectivity index (χ2n) is 1.79. The number of carboxylic acids is 1. The molecule has 0 heterocycles. The van der Waals surface area contributed by atoms with Crippen LogP contribution in [-0.2, 0) is 4.79 Å². The molecule has 0 radical (unpaired) electrons. The highest BCUT2D eigenvalue weighted by Crippen LogP contribution is 1.68. The molecule has 6 nitrogen and oxygen atoms in total. The zero-order valence-electron chi connectivity index (χ0n) is 5.28. The number of rotatable bonds is 3. The number of carbonyl (C=O) groups is 2. The summed E-state index contributed by atoms with van der Waals surface area (Å²) in [6, 6.07) is -1.69. The van der Waals surface area contributed by atoms with Gasteiger partial charge in [0, 0.05) is 0 Å². The van der Waals surface area contributed by atoms with Gasteiger partial charge in [0.15, 0.2) is 6.04 Å². The van der Waals surface area contributed by atoms with E-state index in [0.29, 0.717) is 0 Å². The lowest BCUT2D eigenvalue weighted by Gasteiger charge is -2.00. The number of aliphatic carboxylic acids is 1. The molecule has 58 valence electrons. The van der Waals surface area contributed by atoms with Crippen LogP contribution >= 0.6 is 0 Å². The van der Waals surface area contributed by atoms with Crippen molar-refractivity contribution in [3.05, 3.63) is 0 Å². The largest absolute Gasteiger partial charge is 0.480 e. The number of carboxylic acid groups (broad SMARTS) is 1. The van der Waals surface area contributed by atoms with Gasteiger partial charge in [0.1, 0.15) is 6.54 Å². The van der Waals surface area contributed by atoms with Gasteiger partial charge in [-0.05, 0) is 0 Å². The molecule has 0 saturated carbocycles. The minimum atomic E-state index is -1.14. The van der Waals surface area contributed by atoms with Crippen molar-refractivity contribution in [1.29, 1.82) is 0 Å². The molecule has 7 N–H and O–H groups in total. The van der Waals surface area contributed by atoms with Crippen LogP contribution in [0, 0.1) is 0 Å². The molecule has 0 aromatic heterocycles. The predicted molar refractivity (Wildman–Crippen MR) is 32.0 cm³/mol. The van der Waals surface area contributed by atoms with Crippen LogP contribution in [-0.4, -0.2) is 29.7 Å². The molecule has 1 atom stereocenters. The number of hydrogen-bond acceptors (Lipinski definition) is 3. The Balaban J connectivity index is 3.49. The first kappa shape index (κ1) is 8.86. The monoisotopic (exact) mass is 148 g/mol. The van der Waals surface area contributed by atoms with Crippen LogP contribution in [0.3, 0.4) is 0 Å². The van der Waals surface area contributed by atoms with E-state index in [0.717, 1.165) is 5.32 Å². The summed E-state index contributed by atoms with van der Waals surface area (Å²) >= 11 is 0. The van der Waals surface area contributed by atoms with Crippen molar-refractivity contribution in [2.24, 2.45) is 11.5 Å². The fourth-order valence-electron chi connectivity index (χ4n) is 0.344. The highest BCUT2D eigenvalue weighted by atomic mass is 16.4. The SMILES string of the molecule is NC(=O)[NH2+]CC(N)C(=O)O. The maximum absolute atomic E-state index is 10.0. The van der Waals surface area contributed by atoms with Crippen LogP contribution in [0.5, 0.6) is 0 Å². The molecule has 0 aliphatic rings. The highest BCUT2D eigenvalue weighted by Gasteiger charge is 2.14. The zero-order chi connectivity index (χ0) is 8.15. The topological polar surface area (TPSA) is 123 Å². The second-order valence-corrected chi connectivity index (χ2v) is 1.79. The second kappa shape index (κ2) is 3.80. The lowest BCUT2D eigenvalue weighted by Crippen LogP contribution is -2.92. The lowest BCUT2D eigenvalue weighted by atomic mass is 10.3. The van der Waals surface area contributed by atoms with Crippen molar-refractivity contribution in [2.45, 2.75) is 6.04 Å². The van der Waals surface area contributed by atoms with E-state index in [1.165, 1.54) is 0 Å². The van der Waals surface area contributed by atoms with Gasteiger partial charge >= 0.3 is 12.0 Å². The average Bonchev–Trinajstić information content (AvgIpc) is 1.82. The van der Waals surface area contributed by atoms with E-state index in [-0.39, 0.29) is 6.54 Å². The predicted octanol–water partition coefficient (Wildman–Crippen LogP) is -2.96.